The van der Waals surface area contributed by atoms with E-state index in [9.17, 15) is 4.79 Å². The topological polar surface area (TPSA) is 55.1 Å². The summed E-state index contributed by atoms with van der Waals surface area (Å²) in [7, 11) is 0. The van der Waals surface area contributed by atoms with Crippen LogP contribution in [-0.4, -0.2) is 16.4 Å². The van der Waals surface area contributed by atoms with Gasteiger partial charge in [-0.2, -0.15) is 0 Å². The average Bonchev–Trinajstić information content (AvgIpc) is 2.71. The van der Waals surface area contributed by atoms with Gasteiger partial charge in [0.05, 0.1) is 16.1 Å². The van der Waals surface area contributed by atoms with Crippen LogP contribution in [0.5, 0.6) is 0 Å². The molecule has 1 aliphatic rings. The first kappa shape index (κ1) is 12.6. The van der Waals surface area contributed by atoms with E-state index in [1.54, 1.807) is 30.0 Å². The predicted molar refractivity (Wildman–Crippen MR) is 74.6 cm³/mol. The second-order valence-electron chi connectivity index (χ2n) is 4.37. The zero-order valence-electron chi connectivity index (χ0n) is 9.63. The van der Waals surface area contributed by atoms with Crippen LogP contribution in [0.15, 0.2) is 18.2 Å². The smallest absolute Gasteiger partial charge is 0.240 e. The number of nitrogens with one attached hydrogen (secondary N) is 1. The minimum Gasteiger partial charge on any atom is -0.397 e. The van der Waals surface area contributed by atoms with Gasteiger partial charge in [0, 0.05) is 5.02 Å². The number of thioether (sulfide) groups is 1. The molecule has 1 heterocycles. The molecule has 1 fully saturated rings. The number of nitrogens with two attached hydrogens (primary N) is 1. The van der Waals surface area contributed by atoms with Crippen molar-refractivity contribution in [3.8, 4) is 0 Å². The monoisotopic (exact) mass is 270 g/mol. The molecule has 0 aromatic heterocycles. The van der Waals surface area contributed by atoms with Crippen molar-refractivity contribution >= 4 is 40.6 Å². The number of anilines is 2. The van der Waals surface area contributed by atoms with Gasteiger partial charge in [0.25, 0.3) is 0 Å². The zero-order chi connectivity index (χ0) is 12.5. The Morgan fingerprint density at radius 3 is 2.94 bits per heavy atom. The molecule has 3 N–H and O–H groups in total. The molecule has 1 saturated heterocycles. The molecule has 92 valence electrons. The van der Waals surface area contributed by atoms with Crippen molar-refractivity contribution < 1.29 is 4.79 Å². The van der Waals surface area contributed by atoms with Gasteiger partial charge in [0.1, 0.15) is 0 Å². The number of benzene rings is 1. The van der Waals surface area contributed by atoms with Gasteiger partial charge in [0.2, 0.25) is 5.91 Å². The predicted octanol–water partition coefficient (Wildman–Crippen LogP) is 3.15. The van der Waals surface area contributed by atoms with Crippen molar-refractivity contribution in [1.29, 1.82) is 0 Å². The third-order valence-electron chi connectivity index (χ3n) is 2.96. The van der Waals surface area contributed by atoms with E-state index in [4.69, 9.17) is 17.3 Å². The summed E-state index contributed by atoms with van der Waals surface area (Å²) < 4.78 is -0.327. The summed E-state index contributed by atoms with van der Waals surface area (Å²) in [5.74, 6) is 1.06. The highest BCUT2D eigenvalue weighted by molar-refractivity contribution is 8.01. The van der Waals surface area contributed by atoms with Crippen molar-refractivity contribution in [3.05, 3.63) is 23.2 Å². The maximum atomic E-state index is 12.2. The largest absolute Gasteiger partial charge is 0.397 e. The molecular formula is C12H15ClN2OS. The highest BCUT2D eigenvalue weighted by Gasteiger charge is 2.37. The van der Waals surface area contributed by atoms with Gasteiger partial charge in [0.15, 0.2) is 0 Å². The van der Waals surface area contributed by atoms with Crippen molar-refractivity contribution in [1.82, 2.24) is 0 Å². The quantitative estimate of drug-likeness (QED) is 0.812. The number of nitrogen functional groups attached to an aromatic ring is 1. The first-order valence-corrected chi connectivity index (χ1v) is 6.88. The van der Waals surface area contributed by atoms with Crippen LogP contribution in [-0.2, 0) is 4.79 Å². The third kappa shape index (κ3) is 2.69. The lowest BCUT2D eigenvalue weighted by molar-refractivity contribution is -0.118. The molecule has 5 heteroatoms. The number of rotatable bonds is 2. The van der Waals surface area contributed by atoms with E-state index in [0.717, 1.165) is 18.6 Å². The van der Waals surface area contributed by atoms with Crippen LogP contribution in [0.3, 0.4) is 0 Å². The highest BCUT2D eigenvalue weighted by atomic mass is 35.5. The lowest BCUT2D eigenvalue weighted by atomic mass is 10.0. The van der Waals surface area contributed by atoms with Crippen LogP contribution in [0.25, 0.3) is 0 Å². The van der Waals surface area contributed by atoms with E-state index in [2.05, 4.69) is 5.32 Å². The molecule has 2 rings (SSSR count). The SMILES string of the molecule is CC1(C(=O)Nc2ccc(Cl)cc2N)CCCS1. The van der Waals surface area contributed by atoms with E-state index in [1.165, 1.54) is 0 Å². The molecule has 0 spiro atoms. The van der Waals surface area contributed by atoms with Crippen LogP contribution in [0.2, 0.25) is 5.02 Å². The second-order valence-corrected chi connectivity index (χ2v) is 6.40. The average molecular weight is 271 g/mol. The van der Waals surface area contributed by atoms with Crippen LogP contribution in [0.1, 0.15) is 19.8 Å². The fraction of sp³-hybridized carbons (Fsp3) is 0.417. The van der Waals surface area contributed by atoms with Gasteiger partial charge in [-0.3, -0.25) is 4.79 Å². The molecule has 1 unspecified atom stereocenters. The summed E-state index contributed by atoms with van der Waals surface area (Å²) in [6, 6.07) is 5.09. The Hall–Kier alpha value is -0.870. The first-order valence-electron chi connectivity index (χ1n) is 5.52. The van der Waals surface area contributed by atoms with Crippen LogP contribution >= 0.6 is 23.4 Å². The molecule has 0 saturated carbocycles. The fourth-order valence-electron chi connectivity index (χ4n) is 1.86. The van der Waals surface area contributed by atoms with Crippen LogP contribution < -0.4 is 11.1 Å². The van der Waals surface area contributed by atoms with E-state index in [0.29, 0.717) is 16.4 Å². The number of hydrogen-bond donors (Lipinski definition) is 2. The summed E-state index contributed by atoms with van der Waals surface area (Å²) in [4.78, 5) is 12.2. The van der Waals surface area contributed by atoms with E-state index in [1.807, 2.05) is 6.92 Å². The Morgan fingerprint density at radius 1 is 1.59 bits per heavy atom. The normalized spacial score (nSPS) is 23.6. The third-order valence-corrected chi connectivity index (χ3v) is 4.72. The Kier molecular flexibility index (Phi) is 3.54. The molecule has 0 bridgehead atoms. The fourth-order valence-corrected chi connectivity index (χ4v) is 3.25. The first-order chi connectivity index (χ1) is 8.01. The Balaban J connectivity index is 2.13. The summed E-state index contributed by atoms with van der Waals surface area (Å²) >= 11 is 7.51. The number of carbonyl (C=O) groups excluding carboxylic acids is 1. The number of hydrogen-bond acceptors (Lipinski definition) is 3. The molecule has 1 aliphatic heterocycles. The van der Waals surface area contributed by atoms with E-state index in [-0.39, 0.29) is 10.7 Å². The van der Waals surface area contributed by atoms with Crippen molar-refractivity contribution in [2.24, 2.45) is 0 Å². The maximum Gasteiger partial charge on any atom is 0.240 e. The molecule has 0 radical (unpaired) electrons. The number of carbonyl (C=O) groups is 1. The van der Waals surface area contributed by atoms with Crippen LogP contribution in [0.4, 0.5) is 11.4 Å². The van der Waals surface area contributed by atoms with Crippen LogP contribution in [0, 0.1) is 0 Å². The lowest BCUT2D eigenvalue weighted by Gasteiger charge is -2.22. The van der Waals surface area contributed by atoms with Gasteiger partial charge in [-0.05, 0) is 43.7 Å². The summed E-state index contributed by atoms with van der Waals surface area (Å²) in [6.45, 7) is 1.98. The van der Waals surface area contributed by atoms with Crippen molar-refractivity contribution in [2.45, 2.75) is 24.5 Å². The molecular weight excluding hydrogens is 256 g/mol. The minimum atomic E-state index is -0.327. The summed E-state index contributed by atoms with van der Waals surface area (Å²) in [5.41, 5.74) is 6.94. The zero-order valence-corrected chi connectivity index (χ0v) is 11.2. The van der Waals surface area contributed by atoms with Crippen molar-refractivity contribution in [2.75, 3.05) is 16.8 Å². The van der Waals surface area contributed by atoms with Crippen molar-refractivity contribution in [3.63, 3.8) is 0 Å². The number of amides is 1. The lowest BCUT2D eigenvalue weighted by Crippen LogP contribution is -2.34. The maximum absolute atomic E-state index is 12.2. The standard InChI is InChI=1S/C12H15ClN2OS/c1-12(5-2-6-17-12)11(16)15-10-4-3-8(13)7-9(10)14/h3-4,7H,2,5-6,14H2,1H3,(H,15,16). The molecule has 1 aromatic carbocycles. The van der Waals surface area contributed by atoms with Gasteiger partial charge in [-0.1, -0.05) is 11.6 Å². The van der Waals surface area contributed by atoms with Gasteiger partial charge in [-0.15, -0.1) is 11.8 Å². The minimum absolute atomic E-state index is 0.0222. The molecule has 17 heavy (non-hydrogen) atoms. The molecule has 1 aromatic rings. The summed E-state index contributed by atoms with van der Waals surface area (Å²) in [6.07, 6.45) is 2.00. The second kappa shape index (κ2) is 4.78. The Bertz CT molecular complexity index is 444. The molecule has 1 atom stereocenters. The highest BCUT2D eigenvalue weighted by Crippen LogP contribution is 2.39. The van der Waals surface area contributed by atoms with Gasteiger partial charge >= 0.3 is 0 Å². The molecule has 0 aliphatic carbocycles. The van der Waals surface area contributed by atoms with E-state index >= 15 is 0 Å². The Morgan fingerprint density at radius 2 is 2.35 bits per heavy atom. The molecule has 3 nitrogen and oxygen atoms in total. The number of halogens is 1. The Labute approximate surface area is 110 Å². The molecule has 1 amide bonds. The summed E-state index contributed by atoms with van der Waals surface area (Å²) in [5, 5.41) is 3.45. The van der Waals surface area contributed by atoms with Gasteiger partial charge < -0.3 is 11.1 Å². The van der Waals surface area contributed by atoms with E-state index < -0.39 is 0 Å². The van der Waals surface area contributed by atoms with Gasteiger partial charge in [-0.25, -0.2) is 0 Å².